The Kier molecular flexibility index (Phi) is 4.46. The number of piperidine rings is 1. The third-order valence-corrected chi connectivity index (χ3v) is 3.12. The van der Waals surface area contributed by atoms with Crippen LogP contribution in [0.5, 0.6) is 0 Å². The molecule has 1 aromatic rings. The van der Waals surface area contributed by atoms with Gasteiger partial charge < -0.3 is 15.3 Å². The predicted octanol–water partition coefficient (Wildman–Crippen LogP) is 0.367. The Bertz CT molecular complexity index is 385. The number of aromatic nitrogens is 2. The molecule has 2 heterocycles. The smallest absolute Gasteiger partial charge is 0.317 e. The minimum Gasteiger partial charge on any atom is -0.480 e. The third kappa shape index (κ3) is 3.66. The van der Waals surface area contributed by atoms with Gasteiger partial charge in [0.05, 0.1) is 6.54 Å². The predicted molar refractivity (Wildman–Crippen MR) is 67.5 cm³/mol. The van der Waals surface area contributed by atoms with E-state index in [2.05, 4.69) is 20.2 Å². The van der Waals surface area contributed by atoms with Gasteiger partial charge >= 0.3 is 5.97 Å². The molecule has 1 fully saturated rings. The monoisotopic (exact) mass is 250 g/mol. The minimum atomic E-state index is -0.807. The highest BCUT2D eigenvalue weighted by molar-refractivity contribution is 5.68. The van der Waals surface area contributed by atoms with Gasteiger partial charge in [0.2, 0.25) is 0 Å². The van der Waals surface area contributed by atoms with Crippen LogP contribution >= 0.6 is 0 Å². The van der Waals surface area contributed by atoms with Crippen LogP contribution < -0.4 is 10.2 Å². The Morgan fingerprint density at radius 1 is 1.61 bits per heavy atom. The molecule has 98 valence electrons. The summed E-state index contributed by atoms with van der Waals surface area (Å²) in [6.07, 6.45) is 5.55. The molecule has 18 heavy (non-hydrogen) atoms. The molecule has 0 aliphatic carbocycles. The maximum atomic E-state index is 10.4. The summed E-state index contributed by atoms with van der Waals surface area (Å²) in [6, 6.07) is 1.91. The molecule has 0 spiro atoms. The number of carboxylic acids is 1. The number of nitrogens with zero attached hydrogens (tertiary/aromatic N) is 3. The van der Waals surface area contributed by atoms with Gasteiger partial charge in [0.15, 0.2) is 0 Å². The molecule has 2 rings (SSSR count). The van der Waals surface area contributed by atoms with E-state index < -0.39 is 5.97 Å². The van der Waals surface area contributed by atoms with E-state index in [1.807, 2.05) is 6.07 Å². The van der Waals surface area contributed by atoms with Crippen molar-refractivity contribution in [3.63, 3.8) is 0 Å². The Morgan fingerprint density at radius 3 is 3.22 bits per heavy atom. The highest BCUT2D eigenvalue weighted by Crippen LogP contribution is 2.20. The van der Waals surface area contributed by atoms with Crippen molar-refractivity contribution in [2.45, 2.75) is 12.8 Å². The molecule has 0 aromatic carbocycles. The van der Waals surface area contributed by atoms with Gasteiger partial charge in [-0.15, -0.1) is 0 Å². The Labute approximate surface area is 106 Å². The van der Waals surface area contributed by atoms with Crippen molar-refractivity contribution in [2.24, 2.45) is 5.92 Å². The minimum absolute atomic E-state index is 0.0318. The van der Waals surface area contributed by atoms with E-state index in [-0.39, 0.29) is 6.54 Å². The van der Waals surface area contributed by atoms with Crippen LogP contribution in [0.25, 0.3) is 0 Å². The first kappa shape index (κ1) is 12.8. The van der Waals surface area contributed by atoms with Crippen molar-refractivity contribution < 1.29 is 9.90 Å². The van der Waals surface area contributed by atoms with Gasteiger partial charge in [0.1, 0.15) is 12.1 Å². The second-order valence-electron chi connectivity index (χ2n) is 4.55. The lowest BCUT2D eigenvalue weighted by Crippen LogP contribution is -2.40. The standard InChI is InChI=1S/C12H18N4O2/c17-12(18)7-14-6-10-2-1-5-16(8-10)11-3-4-13-9-15-11/h3-4,9-10,14H,1-2,5-8H2,(H,17,18). The molecule has 1 atom stereocenters. The first-order chi connectivity index (χ1) is 8.75. The summed E-state index contributed by atoms with van der Waals surface area (Å²) >= 11 is 0. The van der Waals surface area contributed by atoms with Crippen molar-refractivity contribution in [1.82, 2.24) is 15.3 Å². The van der Waals surface area contributed by atoms with Crippen molar-refractivity contribution in [3.8, 4) is 0 Å². The molecule has 0 amide bonds. The lowest BCUT2D eigenvalue weighted by atomic mass is 9.98. The van der Waals surface area contributed by atoms with Crippen LogP contribution in [-0.4, -0.2) is 47.2 Å². The summed E-state index contributed by atoms with van der Waals surface area (Å²) in [5.41, 5.74) is 0. The van der Waals surface area contributed by atoms with Crippen LogP contribution in [0.15, 0.2) is 18.6 Å². The second-order valence-corrected chi connectivity index (χ2v) is 4.55. The first-order valence-corrected chi connectivity index (χ1v) is 6.19. The van der Waals surface area contributed by atoms with Gasteiger partial charge in [0, 0.05) is 25.8 Å². The zero-order valence-corrected chi connectivity index (χ0v) is 10.2. The van der Waals surface area contributed by atoms with E-state index in [1.165, 1.54) is 0 Å². The lowest BCUT2D eigenvalue weighted by molar-refractivity contribution is -0.136. The molecule has 0 radical (unpaired) electrons. The van der Waals surface area contributed by atoms with Crippen molar-refractivity contribution in [3.05, 3.63) is 18.6 Å². The Morgan fingerprint density at radius 2 is 2.50 bits per heavy atom. The average Bonchev–Trinajstić information content (AvgIpc) is 2.40. The molecule has 6 nitrogen and oxygen atoms in total. The number of carbonyl (C=O) groups is 1. The van der Waals surface area contributed by atoms with Crippen LogP contribution in [0, 0.1) is 5.92 Å². The molecule has 1 unspecified atom stereocenters. The Hall–Kier alpha value is -1.69. The van der Waals surface area contributed by atoms with Gasteiger partial charge in [-0.1, -0.05) is 0 Å². The first-order valence-electron chi connectivity index (χ1n) is 6.19. The molecule has 1 aliphatic rings. The molecular weight excluding hydrogens is 232 g/mol. The number of anilines is 1. The van der Waals surface area contributed by atoms with E-state index in [0.717, 1.165) is 38.3 Å². The maximum Gasteiger partial charge on any atom is 0.317 e. The highest BCUT2D eigenvalue weighted by atomic mass is 16.4. The summed E-state index contributed by atoms with van der Waals surface area (Å²) in [5, 5.41) is 11.6. The van der Waals surface area contributed by atoms with Gasteiger partial charge in [-0.25, -0.2) is 9.97 Å². The summed E-state index contributed by atoms with van der Waals surface area (Å²) < 4.78 is 0. The summed E-state index contributed by atoms with van der Waals surface area (Å²) in [5.74, 6) is 0.625. The normalized spacial score (nSPS) is 19.8. The maximum absolute atomic E-state index is 10.4. The topological polar surface area (TPSA) is 78.4 Å². The molecule has 0 saturated carbocycles. The fourth-order valence-electron chi connectivity index (χ4n) is 2.29. The SMILES string of the molecule is O=C(O)CNCC1CCCN(c2ccncn2)C1. The van der Waals surface area contributed by atoms with Crippen LogP contribution in [0.3, 0.4) is 0 Å². The fraction of sp³-hybridized carbons (Fsp3) is 0.583. The van der Waals surface area contributed by atoms with E-state index in [1.54, 1.807) is 12.5 Å². The van der Waals surface area contributed by atoms with E-state index in [4.69, 9.17) is 5.11 Å². The molecule has 6 heteroatoms. The van der Waals surface area contributed by atoms with Crippen molar-refractivity contribution in [2.75, 3.05) is 31.1 Å². The van der Waals surface area contributed by atoms with Gasteiger partial charge in [-0.3, -0.25) is 4.79 Å². The summed E-state index contributed by atoms with van der Waals surface area (Å²) in [7, 11) is 0. The molecule has 1 aromatic heterocycles. The van der Waals surface area contributed by atoms with Gasteiger partial charge in [0.25, 0.3) is 0 Å². The molecule has 2 N–H and O–H groups in total. The Balaban J connectivity index is 1.83. The van der Waals surface area contributed by atoms with E-state index >= 15 is 0 Å². The number of carboxylic acid groups (broad SMARTS) is 1. The van der Waals surface area contributed by atoms with E-state index in [0.29, 0.717) is 5.92 Å². The second kappa shape index (κ2) is 6.30. The number of rotatable bonds is 5. The van der Waals surface area contributed by atoms with Crippen molar-refractivity contribution >= 4 is 11.8 Å². The summed E-state index contributed by atoms with van der Waals surface area (Å²) in [6.45, 7) is 2.70. The third-order valence-electron chi connectivity index (χ3n) is 3.12. The van der Waals surface area contributed by atoms with Gasteiger partial charge in [-0.2, -0.15) is 0 Å². The highest BCUT2D eigenvalue weighted by Gasteiger charge is 2.20. The van der Waals surface area contributed by atoms with Crippen LogP contribution in [-0.2, 0) is 4.79 Å². The van der Waals surface area contributed by atoms with Crippen LogP contribution in [0.2, 0.25) is 0 Å². The fourth-order valence-corrected chi connectivity index (χ4v) is 2.29. The number of aliphatic carboxylic acids is 1. The quantitative estimate of drug-likeness (QED) is 0.786. The molecule has 1 aliphatic heterocycles. The number of nitrogens with one attached hydrogen (secondary N) is 1. The summed E-state index contributed by atoms with van der Waals surface area (Å²) in [4.78, 5) is 20.8. The average molecular weight is 250 g/mol. The molecular formula is C12H18N4O2. The van der Waals surface area contributed by atoms with Gasteiger partial charge in [-0.05, 0) is 24.8 Å². The zero-order chi connectivity index (χ0) is 12.8. The lowest BCUT2D eigenvalue weighted by Gasteiger charge is -2.33. The van der Waals surface area contributed by atoms with Crippen molar-refractivity contribution in [1.29, 1.82) is 0 Å². The van der Waals surface area contributed by atoms with Crippen LogP contribution in [0.4, 0.5) is 5.82 Å². The molecule has 1 saturated heterocycles. The number of hydrogen-bond donors (Lipinski definition) is 2. The largest absolute Gasteiger partial charge is 0.480 e. The van der Waals surface area contributed by atoms with Crippen LogP contribution in [0.1, 0.15) is 12.8 Å². The van der Waals surface area contributed by atoms with E-state index in [9.17, 15) is 4.79 Å². The zero-order valence-electron chi connectivity index (χ0n) is 10.2. The number of hydrogen-bond acceptors (Lipinski definition) is 5. The molecule has 0 bridgehead atoms.